The maximum absolute atomic E-state index is 3.96. The average molecular weight is 201 g/mol. The molecule has 0 atom stereocenters. The third-order valence-electron chi connectivity index (χ3n) is 2.06. The Labute approximate surface area is 91.3 Å². The van der Waals surface area contributed by atoms with Crippen molar-refractivity contribution in [3.05, 3.63) is 48.3 Å². The molecule has 0 amide bonds. The number of hydrogen-bond donors (Lipinski definition) is 0. The third kappa shape index (κ3) is 3.50. The predicted octanol–water partition coefficient (Wildman–Crippen LogP) is 2.17. The summed E-state index contributed by atoms with van der Waals surface area (Å²) in [5.74, 6) is 0. The lowest BCUT2D eigenvalue weighted by Gasteiger charge is -1.99. The maximum Gasteiger partial charge on any atom is 0.169 e. The van der Waals surface area contributed by atoms with Crippen LogP contribution >= 0.6 is 0 Å². The van der Waals surface area contributed by atoms with Crippen molar-refractivity contribution >= 4 is 11.8 Å². The molecule has 2 nitrogen and oxygen atoms in total. The molecule has 2 heteroatoms. The van der Waals surface area contributed by atoms with Crippen molar-refractivity contribution in [2.45, 2.75) is 6.92 Å². The molecule has 0 unspecified atom stereocenters. The summed E-state index contributed by atoms with van der Waals surface area (Å²) in [6.45, 7) is 2.01. The second-order valence-corrected chi connectivity index (χ2v) is 3.28. The molecule has 1 aromatic heterocycles. The van der Waals surface area contributed by atoms with Crippen molar-refractivity contribution < 1.29 is 4.57 Å². The van der Waals surface area contributed by atoms with Crippen LogP contribution in [0.25, 0.3) is 5.57 Å². The van der Waals surface area contributed by atoms with Crippen LogP contribution in [0.5, 0.6) is 0 Å². The van der Waals surface area contributed by atoms with Crippen LogP contribution in [0.4, 0.5) is 0 Å². The number of hydrogen-bond acceptors (Lipinski definition) is 1. The molecule has 0 radical (unpaired) electrons. The van der Waals surface area contributed by atoms with E-state index in [9.17, 15) is 0 Å². The molecule has 0 aliphatic rings. The van der Waals surface area contributed by atoms with Crippen molar-refractivity contribution in [2.24, 2.45) is 12.0 Å². The van der Waals surface area contributed by atoms with Gasteiger partial charge in [0.05, 0.1) is 0 Å². The van der Waals surface area contributed by atoms with Gasteiger partial charge in [-0.05, 0) is 24.1 Å². The summed E-state index contributed by atoms with van der Waals surface area (Å²) < 4.78 is 2.02. The van der Waals surface area contributed by atoms with Gasteiger partial charge in [0.25, 0.3) is 0 Å². The average Bonchev–Trinajstić information content (AvgIpc) is 2.25. The fourth-order valence-electron chi connectivity index (χ4n) is 1.28. The Bertz CT molecular complexity index is 384. The number of aromatic nitrogens is 1. The zero-order valence-corrected chi connectivity index (χ0v) is 9.51. The fourth-order valence-corrected chi connectivity index (χ4v) is 1.28. The second-order valence-electron chi connectivity index (χ2n) is 3.28. The van der Waals surface area contributed by atoms with Gasteiger partial charge < -0.3 is 0 Å². The highest BCUT2D eigenvalue weighted by atomic mass is 14.9. The van der Waals surface area contributed by atoms with Crippen LogP contribution in [0.3, 0.4) is 0 Å². The molecular formula is C13H17N2+. The van der Waals surface area contributed by atoms with Gasteiger partial charge in [-0.2, -0.15) is 0 Å². The van der Waals surface area contributed by atoms with Crippen LogP contribution in [0.15, 0.2) is 47.7 Å². The highest BCUT2D eigenvalue weighted by Gasteiger charge is 1.98. The standard InChI is InChI=1S/C13H17N2/c1-4-5-12(6-9-14-2)13-7-10-15(3)11-8-13/h4-11H,1-3H3/q+1/b5-4-,12-6+,14-9?. The first-order valence-electron chi connectivity index (χ1n) is 4.98. The summed E-state index contributed by atoms with van der Waals surface area (Å²) in [5.41, 5.74) is 2.37. The third-order valence-corrected chi connectivity index (χ3v) is 2.06. The van der Waals surface area contributed by atoms with E-state index in [-0.39, 0.29) is 0 Å². The second kappa shape index (κ2) is 5.91. The van der Waals surface area contributed by atoms with E-state index in [1.165, 1.54) is 11.1 Å². The van der Waals surface area contributed by atoms with Crippen molar-refractivity contribution in [3.63, 3.8) is 0 Å². The van der Waals surface area contributed by atoms with E-state index in [0.717, 1.165) is 0 Å². The highest BCUT2D eigenvalue weighted by Crippen LogP contribution is 2.13. The Morgan fingerprint density at radius 2 is 2.00 bits per heavy atom. The van der Waals surface area contributed by atoms with Crippen molar-refractivity contribution in [2.75, 3.05) is 7.05 Å². The van der Waals surface area contributed by atoms with Gasteiger partial charge in [-0.25, -0.2) is 4.57 Å². The normalized spacial score (nSPS) is 12.9. The van der Waals surface area contributed by atoms with Gasteiger partial charge in [0.2, 0.25) is 0 Å². The molecule has 1 heterocycles. The van der Waals surface area contributed by atoms with Crippen LogP contribution in [-0.4, -0.2) is 13.3 Å². The number of rotatable bonds is 3. The van der Waals surface area contributed by atoms with E-state index in [1.807, 2.05) is 49.3 Å². The molecule has 0 bridgehead atoms. The number of aryl methyl sites for hydroxylation is 1. The van der Waals surface area contributed by atoms with Gasteiger partial charge in [-0.3, -0.25) is 4.99 Å². The van der Waals surface area contributed by atoms with Crippen LogP contribution in [0.1, 0.15) is 12.5 Å². The van der Waals surface area contributed by atoms with E-state index < -0.39 is 0 Å². The number of allylic oxidation sites excluding steroid dienone is 4. The lowest BCUT2D eigenvalue weighted by molar-refractivity contribution is -0.671. The number of nitrogens with zero attached hydrogens (tertiary/aromatic N) is 2. The van der Waals surface area contributed by atoms with E-state index in [2.05, 4.69) is 23.2 Å². The quantitative estimate of drug-likeness (QED) is 0.405. The molecule has 0 saturated heterocycles. The molecule has 0 fully saturated rings. The topological polar surface area (TPSA) is 16.2 Å². The maximum atomic E-state index is 3.96. The van der Waals surface area contributed by atoms with E-state index in [4.69, 9.17) is 0 Å². The van der Waals surface area contributed by atoms with E-state index in [1.54, 1.807) is 7.05 Å². The Morgan fingerprint density at radius 3 is 2.53 bits per heavy atom. The van der Waals surface area contributed by atoms with Crippen molar-refractivity contribution in [3.8, 4) is 0 Å². The summed E-state index contributed by atoms with van der Waals surface area (Å²) in [5, 5.41) is 0. The summed E-state index contributed by atoms with van der Waals surface area (Å²) in [4.78, 5) is 3.96. The Hall–Kier alpha value is -1.70. The largest absolute Gasteiger partial charge is 0.296 e. The Kier molecular flexibility index (Phi) is 4.48. The zero-order valence-electron chi connectivity index (χ0n) is 9.51. The van der Waals surface area contributed by atoms with Crippen LogP contribution in [-0.2, 0) is 7.05 Å². The first-order chi connectivity index (χ1) is 7.27. The summed E-state index contributed by atoms with van der Waals surface area (Å²) in [6, 6.07) is 4.19. The summed E-state index contributed by atoms with van der Waals surface area (Å²) in [6.07, 6.45) is 12.0. The molecule has 0 saturated carbocycles. The van der Waals surface area contributed by atoms with Crippen LogP contribution < -0.4 is 4.57 Å². The van der Waals surface area contributed by atoms with Gasteiger partial charge in [-0.15, -0.1) is 0 Å². The summed E-state index contributed by atoms with van der Waals surface area (Å²) >= 11 is 0. The molecule has 0 N–H and O–H groups in total. The van der Waals surface area contributed by atoms with Gasteiger partial charge in [0.1, 0.15) is 7.05 Å². The molecule has 0 aliphatic carbocycles. The Balaban J connectivity index is 3.04. The predicted molar refractivity (Wildman–Crippen MR) is 64.8 cm³/mol. The zero-order chi connectivity index (χ0) is 11.1. The Morgan fingerprint density at radius 1 is 1.33 bits per heavy atom. The molecule has 78 valence electrons. The van der Waals surface area contributed by atoms with E-state index >= 15 is 0 Å². The smallest absolute Gasteiger partial charge is 0.169 e. The molecule has 1 rings (SSSR count). The van der Waals surface area contributed by atoms with Crippen molar-refractivity contribution in [1.29, 1.82) is 0 Å². The number of aliphatic imine (C=N–C) groups is 1. The summed E-state index contributed by atoms with van der Waals surface area (Å²) in [7, 11) is 3.78. The van der Waals surface area contributed by atoms with Gasteiger partial charge >= 0.3 is 0 Å². The van der Waals surface area contributed by atoms with Crippen LogP contribution in [0, 0.1) is 0 Å². The molecule has 0 aromatic carbocycles. The minimum Gasteiger partial charge on any atom is -0.296 e. The molecule has 0 aliphatic heterocycles. The van der Waals surface area contributed by atoms with Crippen molar-refractivity contribution in [1.82, 2.24) is 0 Å². The lowest BCUT2D eigenvalue weighted by atomic mass is 10.1. The minimum atomic E-state index is 1.17. The first-order valence-corrected chi connectivity index (χ1v) is 4.98. The van der Waals surface area contributed by atoms with E-state index in [0.29, 0.717) is 0 Å². The van der Waals surface area contributed by atoms with Gasteiger partial charge in [-0.1, -0.05) is 12.2 Å². The molecule has 0 spiro atoms. The fraction of sp³-hybridized carbons (Fsp3) is 0.231. The SMILES string of the molecule is C/C=C\C(=C/C=NC)c1cc[n+](C)cc1. The molecule has 15 heavy (non-hydrogen) atoms. The van der Waals surface area contributed by atoms with Crippen LogP contribution in [0.2, 0.25) is 0 Å². The lowest BCUT2D eigenvalue weighted by Crippen LogP contribution is -2.25. The number of pyridine rings is 1. The monoisotopic (exact) mass is 201 g/mol. The van der Waals surface area contributed by atoms with Gasteiger partial charge in [0, 0.05) is 25.4 Å². The highest BCUT2D eigenvalue weighted by molar-refractivity contribution is 5.88. The minimum absolute atomic E-state index is 1.17. The molecule has 1 aromatic rings. The molecular weight excluding hydrogens is 184 g/mol. The van der Waals surface area contributed by atoms with Gasteiger partial charge in [0.15, 0.2) is 12.4 Å². The first kappa shape index (κ1) is 11.4.